The average Bonchev–Trinajstić information content (AvgIpc) is 2.41. The summed E-state index contributed by atoms with van der Waals surface area (Å²) in [7, 11) is 1.62. The summed E-state index contributed by atoms with van der Waals surface area (Å²) in [5.74, 6) is -0.00684. The minimum absolute atomic E-state index is 0.00684. The molecule has 2 N–H and O–H groups in total. The van der Waals surface area contributed by atoms with Crippen molar-refractivity contribution in [2.45, 2.75) is 19.4 Å². The Bertz CT molecular complexity index is 382. The van der Waals surface area contributed by atoms with Crippen molar-refractivity contribution >= 4 is 21.8 Å². The van der Waals surface area contributed by atoms with Crippen LogP contribution in [0, 0.1) is 0 Å². The van der Waals surface area contributed by atoms with E-state index in [1.807, 2.05) is 12.1 Å². The molecule has 0 spiro atoms. The zero-order chi connectivity index (χ0) is 14.1. The van der Waals surface area contributed by atoms with Crippen LogP contribution in [0.5, 0.6) is 0 Å². The van der Waals surface area contributed by atoms with Gasteiger partial charge >= 0.3 is 0 Å². The molecule has 0 heterocycles. The summed E-state index contributed by atoms with van der Waals surface area (Å²) in [5.41, 5.74) is 1.19. The SMILES string of the molecule is CCC(NCC(=O)NCCOC)c1ccc(Br)cc1. The monoisotopic (exact) mass is 328 g/mol. The Hall–Kier alpha value is -0.910. The fraction of sp³-hybridized carbons (Fsp3) is 0.500. The van der Waals surface area contributed by atoms with E-state index in [9.17, 15) is 4.79 Å². The van der Waals surface area contributed by atoms with Gasteiger partial charge in [-0.1, -0.05) is 35.0 Å². The molecule has 0 aromatic heterocycles. The van der Waals surface area contributed by atoms with E-state index in [1.54, 1.807) is 7.11 Å². The van der Waals surface area contributed by atoms with E-state index in [-0.39, 0.29) is 11.9 Å². The maximum Gasteiger partial charge on any atom is 0.234 e. The number of carbonyl (C=O) groups is 1. The van der Waals surface area contributed by atoms with Crippen LogP contribution in [0.15, 0.2) is 28.7 Å². The normalized spacial score (nSPS) is 12.2. The molecule has 0 bridgehead atoms. The number of halogens is 1. The fourth-order valence-corrected chi connectivity index (χ4v) is 2.03. The molecule has 0 saturated carbocycles. The number of hydrogen-bond acceptors (Lipinski definition) is 3. The van der Waals surface area contributed by atoms with Crippen molar-refractivity contribution in [1.82, 2.24) is 10.6 Å². The number of amides is 1. The predicted molar refractivity (Wildman–Crippen MR) is 80.1 cm³/mol. The Balaban J connectivity index is 2.40. The number of ether oxygens (including phenoxy) is 1. The number of rotatable bonds is 8. The number of benzene rings is 1. The maximum atomic E-state index is 11.6. The van der Waals surface area contributed by atoms with Gasteiger partial charge in [0.2, 0.25) is 5.91 Å². The minimum atomic E-state index is -0.00684. The van der Waals surface area contributed by atoms with Crippen molar-refractivity contribution in [3.05, 3.63) is 34.3 Å². The van der Waals surface area contributed by atoms with Crippen LogP contribution in [0.3, 0.4) is 0 Å². The molecule has 19 heavy (non-hydrogen) atoms. The molecule has 0 fully saturated rings. The summed E-state index contributed by atoms with van der Waals surface area (Å²) in [4.78, 5) is 11.6. The Labute approximate surface area is 123 Å². The number of hydrogen-bond donors (Lipinski definition) is 2. The van der Waals surface area contributed by atoms with Crippen LogP contribution in [0.4, 0.5) is 0 Å². The van der Waals surface area contributed by atoms with E-state index < -0.39 is 0 Å². The molecule has 0 saturated heterocycles. The number of nitrogens with one attached hydrogen (secondary N) is 2. The number of carbonyl (C=O) groups excluding carboxylic acids is 1. The molecule has 1 rings (SSSR count). The van der Waals surface area contributed by atoms with Crippen LogP contribution < -0.4 is 10.6 Å². The number of methoxy groups -OCH3 is 1. The molecule has 0 aliphatic carbocycles. The van der Waals surface area contributed by atoms with Gasteiger partial charge < -0.3 is 15.4 Å². The highest BCUT2D eigenvalue weighted by atomic mass is 79.9. The molecular weight excluding hydrogens is 308 g/mol. The molecule has 4 nitrogen and oxygen atoms in total. The molecule has 5 heteroatoms. The van der Waals surface area contributed by atoms with Gasteiger partial charge in [0.25, 0.3) is 0 Å². The molecule has 1 aromatic rings. The molecular formula is C14H21BrN2O2. The summed E-state index contributed by atoms with van der Waals surface area (Å²) in [6.45, 7) is 3.50. The van der Waals surface area contributed by atoms with E-state index in [0.29, 0.717) is 19.7 Å². The van der Waals surface area contributed by atoms with Gasteiger partial charge in [0.1, 0.15) is 0 Å². The molecule has 1 unspecified atom stereocenters. The van der Waals surface area contributed by atoms with Crippen molar-refractivity contribution in [1.29, 1.82) is 0 Å². The van der Waals surface area contributed by atoms with Gasteiger partial charge in [0.15, 0.2) is 0 Å². The van der Waals surface area contributed by atoms with Crippen LogP contribution in [0.1, 0.15) is 24.9 Å². The molecule has 106 valence electrons. The highest BCUT2D eigenvalue weighted by Crippen LogP contribution is 2.19. The van der Waals surface area contributed by atoms with Crippen LogP contribution in [-0.2, 0) is 9.53 Å². The fourth-order valence-electron chi connectivity index (χ4n) is 1.76. The van der Waals surface area contributed by atoms with Crippen LogP contribution >= 0.6 is 15.9 Å². The highest BCUT2D eigenvalue weighted by Gasteiger charge is 2.10. The first-order chi connectivity index (χ1) is 9.17. The lowest BCUT2D eigenvalue weighted by molar-refractivity contribution is -0.120. The van der Waals surface area contributed by atoms with Crippen LogP contribution in [0.2, 0.25) is 0 Å². The van der Waals surface area contributed by atoms with Crippen molar-refractivity contribution in [2.75, 3.05) is 26.8 Å². The minimum Gasteiger partial charge on any atom is -0.383 e. The summed E-state index contributed by atoms with van der Waals surface area (Å²) in [6.07, 6.45) is 0.937. The van der Waals surface area contributed by atoms with Crippen molar-refractivity contribution in [3.63, 3.8) is 0 Å². The lowest BCUT2D eigenvalue weighted by Gasteiger charge is -2.17. The maximum absolute atomic E-state index is 11.6. The van der Waals surface area contributed by atoms with Crippen molar-refractivity contribution < 1.29 is 9.53 Å². The lowest BCUT2D eigenvalue weighted by Crippen LogP contribution is -2.37. The first-order valence-corrected chi connectivity index (χ1v) is 7.21. The third kappa shape index (κ3) is 6.18. The quantitative estimate of drug-likeness (QED) is 0.719. The Morgan fingerprint density at radius 2 is 2.05 bits per heavy atom. The van der Waals surface area contributed by atoms with Gasteiger partial charge in [0.05, 0.1) is 13.2 Å². The summed E-state index contributed by atoms with van der Waals surface area (Å²) in [5, 5.41) is 6.05. The van der Waals surface area contributed by atoms with Gasteiger partial charge in [-0.3, -0.25) is 4.79 Å². The summed E-state index contributed by atoms with van der Waals surface area (Å²) < 4.78 is 5.94. The molecule has 0 radical (unpaired) electrons. The third-order valence-corrected chi connectivity index (χ3v) is 3.35. The summed E-state index contributed by atoms with van der Waals surface area (Å²) in [6, 6.07) is 8.35. The Morgan fingerprint density at radius 3 is 2.63 bits per heavy atom. The van der Waals surface area contributed by atoms with Crippen molar-refractivity contribution in [2.24, 2.45) is 0 Å². The third-order valence-electron chi connectivity index (χ3n) is 2.82. The van der Waals surface area contributed by atoms with Gasteiger partial charge in [-0.2, -0.15) is 0 Å². The smallest absolute Gasteiger partial charge is 0.234 e. The van der Waals surface area contributed by atoms with E-state index >= 15 is 0 Å². The van der Waals surface area contributed by atoms with E-state index in [1.165, 1.54) is 5.56 Å². The highest BCUT2D eigenvalue weighted by molar-refractivity contribution is 9.10. The topological polar surface area (TPSA) is 50.4 Å². The molecule has 0 aliphatic rings. The van der Waals surface area contributed by atoms with E-state index in [0.717, 1.165) is 10.9 Å². The average molecular weight is 329 g/mol. The summed E-state index contributed by atoms with van der Waals surface area (Å²) >= 11 is 3.42. The largest absolute Gasteiger partial charge is 0.383 e. The van der Waals surface area contributed by atoms with Gasteiger partial charge in [0, 0.05) is 24.2 Å². The first kappa shape index (κ1) is 16.1. The van der Waals surface area contributed by atoms with Gasteiger partial charge in [-0.15, -0.1) is 0 Å². The molecule has 1 amide bonds. The molecule has 1 atom stereocenters. The zero-order valence-corrected chi connectivity index (χ0v) is 13.0. The second-order valence-corrected chi connectivity index (χ2v) is 5.15. The second-order valence-electron chi connectivity index (χ2n) is 4.24. The van der Waals surface area contributed by atoms with E-state index in [4.69, 9.17) is 4.74 Å². The standard InChI is InChI=1S/C14H21BrN2O2/c1-3-13(11-4-6-12(15)7-5-11)17-10-14(18)16-8-9-19-2/h4-7,13,17H,3,8-10H2,1-2H3,(H,16,18). The van der Waals surface area contributed by atoms with E-state index in [2.05, 4.69) is 45.6 Å². The van der Waals surface area contributed by atoms with Gasteiger partial charge in [-0.25, -0.2) is 0 Å². The van der Waals surface area contributed by atoms with Crippen LogP contribution in [-0.4, -0.2) is 32.7 Å². The lowest BCUT2D eigenvalue weighted by atomic mass is 10.0. The predicted octanol–water partition coefficient (Wildman–Crippen LogP) is 2.25. The van der Waals surface area contributed by atoms with Crippen molar-refractivity contribution in [3.8, 4) is 0 Å². The Kier molecular flexibility index (Phi) is 7.70. The first-order valence-electron chi connectivity index (χ1n) is 6.41. The van der Waals surface area contributed by atoms with Gasteiger partial charge in [-0.05, 0) is 24.1 Å². The second kappa shape index (κ2) is 9.07. The Morgan fingerprint density at radius 1 is 1.37 bits per heavy atom. The molecule has 0 aliphatic heterocycles. The van der Waals surface area contributed by atoms with Crippen LogP contribution in [0.25, 0.3) is 0 Å². The molecule has 1 aromatic carbocycles. The zero-order valence-electron chi connectivity index (χ0n) is 11.4.